The Morgan fingerprint density at radius 2 is 1.14 bits per heavy atom. The van der Waals surface area contributed by atoms with E-state index < -0.39 is 14.7 Å². The van der Waals surface area contributed by atoms with Gasteiger partial charge < -0.3 is 44.6 Å². The van der Waals surface area contributed by atoms with Gasteiger partial charge in [0.05, 0.1) is 26.3 Å². The molecule has 4 aromatic heterocycles. The van der Waals surface area contributed by atoms with E-state index in [1.165, 1.54) is 22.9 Å². The average Bonchev–Trinajstić information content (AvgIpc) is 3.67. The third kappa shape index (κ3) is 13.1. The van der Waals surface area contributed by atoms with Gasteiger partial charge in [-0.15, -0.1) is 0 Å². The molecule has 0 aliphatic rings. The van der Waals surface area contributed by atoms with Gasteiger partial charge in [0.15, 0.2) is 22.9 Å². The summed E-state index contributed by atoms with van der Waals surface area (Å²) >= 11 is 0. The molecule has 2 atom stereocenters. The molecule has 0 saturated carbocycles. The predicted molar refractivity (Wildman–Crippen MR) is 228 cm³/mol. The fraction of sp³-hybridized carbons (Fsp3) is 0.405. The third-order valence-electron chi connectivity index (χ3n) is 8.71. The number of benzene rings is 2. The normalized spacial score (nSPS) is 13.1. The summed E-state index contributed by atoms with van der Waals surface area (Å²) in [5.41, 5.74) is 16.0. The third-order valence-corrected chi connectivity index (χ3v) is 11.4. The molecule has 6 rings (SSSR count). The van der Waals surface area contributed by atoms with Crippen LogP contribution in [-0.4, -0.2) is 85.7 Å². The minimum atomic E-state index is -3.18. The highest BCUT2D eigenvalue weighted by Gasteiger charge is 2.19. The van der Waals surface area contributed by atoms with Crippen molar-refractivity contribution >= 4 is 56.8 Å². The number of aromatic nitrogens is 8. The topological polar surface area (TPSA) is 261 Å². The predicted octanol–water partition coefficient (Wildman–Crippen LogP) is 5.35. The first-order valence-corrected chi connectivity index (χ1v) is 23.2. The van der Waals surface area contributed by atoms with Crippen LogP contribution in [0.4, 0.5) is 16.0 Å². The maximum absolute atomic E-state index is 12.5. The van der Waals surface area contributed by atoms with Gasteiger partial charge in [-0.25, -0.2) is 9.59 Å². The molecule has 0 bridgehead atoms. The first-order valence-electron chi connectivity index (χ1n) is 18.7. The van der Waals surface area contributed by atoms with Crippen LogP contribution in [0.2, 0.25) is 0 Å². The van der Waals surface area contributed by atoms with Crippen LogP contribution in [0.1, 0.15) is 61.8 Å². The van der Waals surface area contributed by atoms with Crippen molar-refractivity contribution in [1.82, 2.24) is 39.0 Å². The van der Waals surface area contributed by atoms with E-state index >= 15 is 0 Å². The minimum Gasteiger partial charge on any atom is -0.463 e. The van der Waals surface area contributed by atoms with Gasteiger partial charge in [0.25, 0.3) is 0 Å². The van der Waals surface area contributed by atoms with Gasteiger partial charge in [-0.1, -0.05) is 75.2 Å². The SMILES string of the molecule is CCCCOc1nc(N)c2[nH]c(=O)n(Cc3cccc(CP(C)(=O)O)c3)c2n1.CCCCOc1nc(N)c2[nH]c(=O)n(Cc3cccc(CP(C)(=O)OC)c3)c2n1.[B]F. The van der Waals surface area contributed by atoms with Crippen molar-refractivity contribution in [2.24, 2.45) is 0 Å². The highest BCUT2D eigenvalue weighted by Crippen LogP contribution is 2.45. The first kappa shape index (κ1) is 46.4. The number of H-pyrrole nitrogens is 2. The van der Waals surface area contributed by atoms with Crippen LogP contribution in [0.15, 0.2) is 58.1 Å². The molecule has 0 aliphatic heterocycles. The number of hydrogen-bond acceptors (Lipinski definition) is 13. The number of nitrogen functional groups attached to an aromatic ring is 2. The van der Waals surface area contributed by atoms with E-state index in [2.05, 4.69) is 45.0 Å². The fourth-order valence-electron chi connectivity index (χ4n) is 5.85. The molecule has 0 amide bonds. The van der Waals surface area contributed by atoms with E-state index in [0.717, 1.165) is 47.9 Å². The Balaban J connectivity index is 0.000000250. The highest BCUT2D eigenvalue weighted by atomic mass is 31.2. The summed E-state index contributed by atoms with van der Waals surface area (Å²) in [5, 5.41) is 0. The quantitative estimate of drug-likeness (QED) is 0.0440. The smallest absolute Gasteiger partial charge is 0.350 e. The molecule has 316 valence electrons. The second-order valence-electron chi connectivity index (χ2n) is 13.8. The molecule has 0 spiro atoms. The van der Waals surface area contributed by atoms with E-state index in [1.54, 1.807) is 24.9 Å². The van der Waals surface area contributed by atoms with Crippen molar-refractivity contribution in [2.75, 3.05) is 45.1 Å². The van der Waals surface area contributed by atoms with Gasteiger partial charge in [-0.3, -0.25) is 18.3 Å². The molecular formula is C37H50BFN10O8P2. The van der Waals surface area contributed by atoms with Crippen LogP contribution in [-0.2, 0) is 39.1 Å². The molecular weight excluding hydrogens is 804 g/mol. The van der Waals surface area contributed by atoms with Crippen LogP contribution in [0.25, 0.3) is 22.3 Å². The molecule has 0 aliphatic carbocycles. The zero-order valence-corrected chi connectivity index (χ0v) is 35.5. The Morgan fingerprint density at radius 1 is 0.729 bits per heavy atom. The molecule has 4 heterocycles. The Kier molecular flexibility index (Phi) is 16.6. The Hall–Kier alpha value is -5.29. The van der Waals surface area contributed by atoms with Crippen molar-refractivity contribution < 1.29 is 32.3 Å². The first-order chi connectivity index (χ1) is 28.1. The van der Waals surface area contributed by atoms with Gasteiger partial charge in [-0.05, 0) is 35.1 Å². The molecule has 22 heteroatoms. The molecule has 2 radical (unpaired) electrons. The molecule has 0 fully saturated rings. The van der Waals surface area contributed by atoms with Crippen LogP contribution >= 0.6 is 14.7 Å². The minimum absolute atomic E-state index is 0.0775. The summed E-state index contributed by atoms with van der Waals surface area (Å²) in [6.45, 7) is 8.49. The van der Waals surface area contributed by atoms with Gasteiger partial charge in [-0.2, -0.15) is 19.9 Å². The number of imidazole rings is 2. The number of aromatic amines is 2. The lowest BCUT2D eigenvalue weighted by atomic mass is 10.1. The number of unbranched alkanes of at least 4 members (excludes halogenated alkanes) is 2. The van der Waals surface area contributed by atoms with Crippen LogP contribution in [0.5, 0.6) is 12.0 Å². The number of nitrogens with one attached hydrogen (secondary N) is 2. The van der Waals surface area contributed by atoms with Gasteiger partial charge >= 0.3 is 31.5 Å². The van der Waals surface area contributed by atoms with Gasteiger partial charge in [0.2, 0.25) is 14.7 Å². The van der Waals surface area contributed by atoms with Crippen molar-refractivity contribution in [3.63, 3.8) is 0 Å². The molecule has 6 aromatic rings. The van der Waals surface area contributed by atoms with E-state index in [4.69, 9.17) is 29.8 Å². The Labute approximate surface area is 341 Å². The van der Waals surface area contributed by atoms with E-state index in [9.17, 15) is 23.6 Å². The zero-order chi connectivity index (χ0) is 43.3. The highest BCUT2D eigenvalue weighted by molar-refractivity contribution is 7.57. The molecule has 2 aromatic carbocycles. The number of rotatable bonds is 17. The lowest BCUT2D eigenvalue weighted by molar-refractivity contribution is 0.286. The summed E-state index contributed by atoms with van der Waals surface area (Å²) < 4.78 is 52.0. The van der Waals surface area contributed by atoms with Crippen LogP contribution in [0.3, 0.4) is 0 Å². The summed E-state index contributed by atoms with van der Waals surface area (Å²) in [4.78, 5) is 56.9. The van der Waals surface area contributed by atoms with Crippen molar-refractivity contribution in [3.05, 3.63) is 91.8 Å². The lowest BCUT2D eigenvalue weighted by Crippen LogP contribution is -2.18. The maximum atomic E-state index is 12.5. The maximum Gasteiger partial charge on any atom is 0.350 e. The Bertz CT molecular complexity index is 2560. The lowest BCUT2D eigenvalue weighted by Gasteiger charge is -2.12. The molecule has 0 saturated heterocycles. The van der Waals surface area contributed by atoms with Gasteiger partial charge in [0, 0.05) is 32.8 Å². The van der Waals surface area contributed by atoms with E-state index in [-0.39, 0.29) is 54.3 Å². The summed E-state index contributed by atoms with van der Waals surface area (Å²) in [6, 6.07) is 15.1. The van der Waals surface area contributed by atoms with Crippen molar-refractivity contribution in [3.8, 4) is 12.0 Å². The van der Waals surface area contributed by atoms with Crippen LogP contribution < -0.4 is 32.3 Å². The number of nitrogens with zero attached hydrogens (tertiary/aromatic N) is 6. The van der Waals surface area contributed by atoms with E-state index in [1.807, 2.05) is 37.3 Å². The monoisotopic (exact) mass is 854 g/mol. The standard InChI is InChI=1S/C19H26N5O4P.C18H24N5O4P.BF/c1-4-5-9-28-18-22-16(20)15-17(23-18)24(19(25)21-15)11-13-7-6-8-14(10-13)12-29(3,26)27-2;1-3-4-8-27-17-21-15(19)14-16(22-17)23(18(24)20-14)10-12-6-5-7-13(9-12)11-28(2,25)26;1-2/h6-8,10H,4-5,9,11-12H2,1-3H3,(H,21,25)(H2,20,22,23);5-7,9H,3-4,8,10-11H2,1-2H3,(H,20,24)(H,25,26)(H2,19,21,22);. The van der Waals surface area contributed by atoms with Crippen molar-refractivity contribution in [2.45, 2.75) is 64.9 Å². The zero-order valence-electron chi connectivity index (χ0n) is 33.7. The van der Waals surface area contributed by atoms with Crippen molar-refractivity contribution in [1.29, 1.82) is 0 Å². The molecule has 7 N–H and O–H groups in total. The molecule has 59 heavy (non-hydrogen) atoms. The fourth-order valence-corrected chi connectivity index (χ4v) is 7.72. The Morgan fingerprint density at radius 3 is 1.53 bits per heavy atom. The number of fused-ring (bicyclic) bond motifs is 2. The number of nitrogens with two attached hydrogens (primary N) is 2. The van der Waals surface area contributed by atoms with Gasteiger partial charge in [0.1, 0.15) is 11.0 Å². The molecule has 2 unspecified atom stereocenters. The number of ether oxygens (including phenoxy) is 2. The van der Waals surface area contributed by atoms with E-state index in [0.29, 0.717) is 41.7 Å². The second-order valence-corrected chi connectivity index (χ2v) is 18.9. The number of hydrogen-bond donors (Lipinski definition) is 5. The number of halogens is 1. The summed E-state index contributed by atoms with van der Waals surface area (Å²) in [7, 11) is -1.43. The van der Waals surface area contributed by atoms with Crippen LogP contribution in [0, 0.1) is 0 Å². The largest absolute Gasteiger partial charge is 0.463 e. The second kappa shape index (κ2) is 21.1. The summed E-state index contributed by atoms with van der Waals surface area (Å²) in [5.74, 6) is 0.311. The average molecular weight is 855 g/mol. The molecule has 18 nitrogen and oxygen atoms in total. The number of anilines is 2. The summed E-state index contributed by atoms with van der Waals surface area (Å²) in [6.07, 6.45) is 4.09.